The van der Waals surface area contributed by atoms with Gasteiger partial charge in [-0.25, -0.2) is 0 Å². The molecule has 0 saturated carbocycles. The molecule has 0 bridgehead atoms. The van der Waals surface area contributed by atoms with Gasteiger partial charge >= 0.3 is 0 Å². The number of carbonyl (C=O) groups is 2. The largest absolute Gasteiger partial charge is 0.449 e. The van der Waals surface area contributed by atoms with Gasteiger partial charge in [0.05, 0.1) is 12.2 Å². The van der Waals surface area contributed by atoms with Crippen LogP contribution in [0.25, 0.3) is 6.08 Å². The summed E-state index contributed by atoms with van der Waals surface area (Å²) in [5.41, 5.74) is 4.47. The van der Waals surface area contributed by atoms with E-state index >= 15 is 0 Å². The Morgan fingerprint density at radius 1 is 0.867 bits per heavy atom. The topological polar surface area (TPSA) is 61.9 Å². The Bertz CT molecular complexity index is 1630. The number of nitrogens with zero attached hydrogens (tertiary/aromatic N) is 2. The molecule has 230 valence electrons. The number of nitrogens with one attached hydrogen (secondary N) is 1. The van der Waals surface area contributed by atoms with Crippen LogP contribution < -0.4 is 15.0 Å². The van der Waals surface area contributed by atoms with Crippen molar-refractivity contribution in [3.05, 3.63) is 136 Å². The molecule has 0 spiro atoms. The summed E-state index contributed by atoms with van der Waals surface area (Å²) in [5, 5.41) is 3.71. The molecule has 4 aromatic carbocycles. The summed E-state index contributed by atoms with van der Waals surface area (Å²) in [7, 11) is 0. The number of ether oxygens (including phenoxy) is 1. The Balaban J connectivity index is 0.993. The van der Waals surface area contributed by atoms with Crippen molar-refractivity contribution in [2.24, 2.45) is 5.92 Å². The fraction of sp³-hybridized carbons (Fsp3) is 0.263. The SMILES string of the molecule is O=C(NCCCN1CCC(Cc2ccccc2)CC1)c1ccc(/C=C2\Oc3ccccc3N(Cc3ccc(Cl)cc3)C2=O)cc1. The second-order valence-electron chi connectivity index (χ2n) is 11.8. The Morgan fingerprint density at radius 2 is 1.58 bits per heavy atom. The molecule has 0 aromatic heterocycles. The maximum absolute atomic E-state index is 13.5. The van der Waals surface area contributed by atoms with Crippen LogP contribution in [-0.4, -0.2) is 42.9 Å². The van der Waals surface area contributed by atoms with Gasteiger partial charge in [-0.15, -0.1) is 0 Å². The van der Waals surface area contributed by atoms with Crippen LogP contribution in [0.5, 0.6) is 5.75 Å². The molecule has 0 atom stereocenters. The number of fused-ring (bicyclic) bond motifs is 1. The molecular weight excluding hydrogens is 582 g/mol. The van der Waals surface area contributed by atoms with E-state index in [9.17, 15) is 9.59 Å². The minimum absolute atomic E-state index is 0.0937. The number of benzene rings is 4. The van der Waals surface area contributed by atoms with Crippen molar-refractivity contribution in [3.63, 3.8) is 0 Å². The summed E-state index contributed by atoms with van der Waals surface area (Å²) in [6.07, 6.45) is 6.27. The molecule has 2 aliphatic heterocycles. The molecule has 6 rings (SSSR count). The van der Waals surface area contributed by atoms with Crippen molar-refractivity contribution in [1.82, 2.24) is 10.2 Å². The summed E-state index contributed by atoms with van der Waals surface area (Å²) in [6.45, 7) is 4.27. The molecule has 2 amide bonds. The van der Waals surface area contributed by atoms with E-state index in [4.69, 9.17) is 16.3 Å². The summed E-state index contributed by atoms with van der Waals surface area (Å²) in [5.74, 6) is 1.28. The summed E-state index contributed by atoms with van der Waals surface area (Å²) < 4.78 is 6.03. The predicted molar refractivity (Wildman–Crippen MR) is 180 cm³/mol. The molecule has 1 saturated heterocycles. The van der Waals surface area contributed by atoms with Crippen molar-refractivity contribution in [3.8, 4) is 5.75 Å². The number of hydrogen-bond donors (Lipinski definition) is 1. The quantitative estimate of drug-likeness (QED) is 0.149. The van der Waals surface area contributed by atoms with Crippen LogP contribution in [0, 0.1) is 5.92 Å². The molecule has 0 aliphatic carbocycles. The van der Waals surface area contributed by atoms with E-state index < -0.39 is 0 Å². The molecule has 6 nitrogen and oxygen atoms in total. The van der Waals surface area contributed by atoms with Crippen LogP contribution in [0.4, 0.5) is 5.69 Å². The van der Waals surface area contributed by atoms with E-state index in [0.29, 0.717) is 35.1 Å². The second kappa shape index (κ2) is 14.6. The molecule has 4 aromatic rings. The first kappa shape index (κ1) is 30.6. The number of anilines is 1. The zero-order chi connectivity index (χ0) is 31.0. The highest BCUT2D eigenvalue weighted by Crippen LogP contribution is 2.36. The number of rotatable bonds is 10. The van der Waals surface area contributed by atoms with E-state index in [0.717, 1.165) is 43.1 Å². The highest BCUT2D eigenvalue weighted by Gasteiger charge is 2.30. The number of carbonyl (C=O) groups excluding carboxylic acids is 2. The van der Waals surface area contributed by atoms with Gasteiger partial charge in [0.25, 0.3) is 11.8 Å². The zero-order valence-corrected chi connectivity index (χ0v) is 26.1. The highest BCUT2D eigenvalue weighted by molar-refractivity contribution is 6.30. The Kier molecular flexibility index (Phi) is 9.93. The number of hydrogen-bond acceptors (Lipinski definition) is 4. The van der Waals surface area contributed by atoms with Gasteiger partial charge in [-0.05, 0) is 110 Å². The van der Waals surface area contributed by atoms with E-state index in [-0.39, 0.29) is 17.6 Å². The van der Waals surface area contributed by atoms with Crippen LogP contribution >= 0.6 is 11.6 Å². The minimum atomic E-state index is -0.231. The Labute approximate surface area is 270 Å². The molecular formula is C38H38ClN3O3. The first-order valence-electron chi connectivity index (χ1n) is 15.7. The second-order valence-corrected chi connectivity index (χ2v) is 12.2. The Morgan fingerprint density at radius 3 is 2.33 bits per heavy atom. The average Bonchev–Trinajstić information content (AvgIpc) is 3.07. The van der Waals surface area contributed by atoms with Crippen molar-refractivity contribution >= 4 is 35.2 Å². The minimum Gasteiger partial charge on any atom is -0.449 e. The number of likely N-dealkylation sites (tertiary alicyclic amines) is 1. The molecule has 7 heteroatoms. The normalized spacial score (nSPS) is 16.3. The fourth-order valence-corrected chi connectivity index (χ4v) is 6.17. The molecule has 0 unspecified atom stereocenters. The van der Waals surface area contributed by atoms with Crippen molar-refractivity contribution in [1.29, 1.82) is 0 Å². The molecule has 1 N–H and O–H groups in total. The highest BCUT2D eigenvalue weighted by atomic mass is 35.5. The lowest BCUT2D eigenvalue weighted by molar-refractivity contribution is -0.117. The maximum Gasteiger partial charge on any atom is 0.294 e. The first-order chi connectivity index (χ1) is 22.0. The van der Waals surface area contributed by atoms with Gasteiger partial charge in [-0.1, -0.05) is 78.3 Å². The van der Waals surface area contributed by atoms with Gasteiger partial charge in [-0.2, -0.15) is 0 Å². The molecule has 0 radical (unpaired) electrons. The van der Waals surface area contributed by atoms with Gasteiger partial charge in [-0.3, -0.25) is 14.5 Å². The molecule has 2 aliphatic rings. The number of para-hydroxylation sites is 2. The summed E-state index contributed by atoms with van der Waals surface area (Å²) >= 11 is 6.06. The third-order valence-electron chi connectivity index (χ3n) is 8.57. The monoisotopic (exact) mass is 619 g/mol. The zero-order valence-electron chi connectivity index (χ0n) is 25.3. The van der Waals surface area contributed by atoms with Crippen molar-refractivity contribution < 1.29 is 14.3 Å². The number of amides is 2. The lowest BCUT2D eigenvalue weighted by Gasteiger charge is -2.32. The lowest BCUT2D eigenvalue weighted by Crippen LogP contribution is -2.36. The smallest absolute Gasteiger partial charge is 0.294 e. The Hall–Kier alpha value is -4.39. The number of halogens is 1. The number of piperidine rings is 1. The van der Waals surface area contributed by atoms with Gasteiger partial charge in [0.1, 0.15) is 0 Å². The van der Waals surface area contributed by atoms with Crippen LogP contribution in [0.1, 0.15) is 46.3 Å². The van der Waals surface area contributed by atoms with Crippen LogP contribution in [-0.2, 0) is 17.8 Å². The van der Waals surface area contributed by atoms with Gasteiger partial charge in [0, 0.05) is 17.1 Å². The average molecular weight is 620 g/mol. The van der Waals surface area contributed by atoms with E-state index in [2.05, 4.69) is 40.5 Å². The first-order valence-corrected chi connectivity index (χ1v) is 16.1. The van der Waals surface area contributed by atoms with Crippen molar-refractivity contribution in [2.75, 3.05) is 31.1 Å². The lowest BCUT2D eigenvalue weighted by atomic mass is 9.90. The van der Waals surface area contributed by atoms with E-state index in [1.165, 1.54) is 24.8 Å². The van der Waals surface area contributed by atoms with Gasteiger partial charge < -0.3 is 15.0 Å². The molecule has 2 heterocycles. The van der Waals surface area contributed by atoms with Gasteiger partial charge in [0.2, 0.25) is 0 Å². The van der Waals surface area contributed by atoms with Gasteiger partial charge in [0.15, 0.2) is 11.5 Å². The van der Waals surface area contributed by atoms with Crippen molar-refractivity contribution in [2.45, 2.75) is 32.2 Å². The maximum atomic E-state index is 13.5. The van der Waals surface area contributed by atoms with Crippen LogP contribution in [0.15, 0.2) is 109 Å². The molecule has 1 fully saturated rings. The third kappa shape index (κ3) is 8.01. The van der Waals surface area contributed by atoms with Crippen LogP contribution in [0.3, 0.4) is 0 Å². The van der Waals surface area contributed by atoms with E-state index in [1.54, 1.807) is 23.1 Å². The summed E-state index contributed by atoms with van der Waals surface area (Å²) in [6, 6.07) is 33.0. The summed E-state index contributed by atoms with van der Waals surface area (Å²) in [4.78, 5) is 30.6. The molecule has 45 heavy (non-hydrogen) atoms. The standard InChI is InChI=1S/C38H38ClN3O3/c39-33-17-13-31(14-18-33)27-42-34-9-4-5-10-35(34)45-36(38(42)44)26-29-11-15-32(16-12-29)37(43)40-21-6-22-41-23-19-30(20-24-41)25-28-7-2-1-3-8-28/h1-5,7-18,26,30H,6,19-25,27H2,(H,40,43)/b36-26-. The third-order valence-corrected chi connectivity index (χ3v) is 8.82. The van der Waals surface area contributed by atoms with E-state index in [1.807, 2.05) is 60.7 Å². The fourth-order valence-electron chi connectivity index (χ4n) is 6.04. The predicted octanol–water partition coefficient (Wildman–Crippen LogP) is 7.38. The van der Waals surface area contributed by atoms with Crippen LogP contribution in [0.2, 0.25) is 5.02 Å².